The van der Waals surface area contributed by atoms with Crippen LogP contribution in [-0.2, 0) is 9.59 Å². The average Bonchev–Trinajstić information content (AvgIpc) is 2.80. The molecule has 0 radical (unpaired) electrons. The Hall–Kier alpha value is -2.46. The van der Waals surface area contributed by atoms with E-state index in [0.717, 1.165) is 22.3 Å². The molecular weight excluding hydrogens is 278 g/mol. The van der Waals surface area contributed by atoms with Crippen molar-refractivity contribution in [3.05, 3.63) is 70.8 Å². The van der Waals surface area contributed by atoms with Gasteiger partial charge in [0.1, 0.15) is 0 Å². The van der Waals surface area contributed by atoms with Crippen LogP contribution in [0.15, 0.2) is 48.5 Å². The molecule has 3 aliphatic carbocycles. The molecule has 0 aromatic heterocycles. The molecule has 1 fully saturated rings. The summed E-state index contributed by atoms with van der Waals surface area (Å²) < 4.78 is 0. The summed E-state index contributed by atoms with van der Waals surface area (Å²) >= 11 is 0. The minimum atomic E-state index is -0.479. The van der Waals surface area contributed by atoms with Gasteiger partial charge in [0.25, 0.3) is 11.8 Å². The molecule has 2 amide bonds. The first-order valence-corrected chi connectivity index (χ1v) is 7.44. The predicted molar refractivity (Wildman–Crippen MR) is 77.2 cm³/mol. The average molecular weight is 291 g/mol. The van der Waals surface area contributed by atoms with Gasteiger partial charge >= 0.3 is 0 Å². The van der Waals surface area contributed by atoms with Gasteiger partial charge in [0.05, 0.1) is 11.8 Å². The molecule has 108 valence electrons. The maximum atomic E-state index is 12.4. The zero-order chi connectivity index (χ0) is 15.0. The molecule has 0 saturated carbocycles. The van der Waals surface area contributed by atoms with E-state index in [1.807, 2.05) is 48.5 Å². The van der Waals surface area contributed by atoms with Crippen LogP contribution in [0.3, 0.4) is 0 Å². The lowest BCUT2D eigenvalue weighted by atomic mass is 9.55. The van der Waals surface area contributed by atoms with Crippen LogP contribution in [0.1, 0.15) is 34.1 Å². The van der Waals surface area contributed by atoms with Crippen molar-refractivity contribution in [2.24, 2.45) is 11.8 Å². The van der Waals surface area contributed by atoms with Crippen molar-refractivity contribution in [1.82, 2.24) is 5.06 Å². The number of hydrogen-bond acceptors (Lipinski definition) is 3. The number of imide groups is 1. The van der Waals surface area contributed by atoms with Crippen molar-refractivity contribution >= 4 is 11.8 Å². The van der Waals surface area contributed by atoms with Crippen LogP contribution in [0, 0.1) is 11.8 Å². The second-order valence-corrected chi connectivity index (χ2v) is 6.25. The highest BCUT2D eigenvalue weighted by atomic mass is 16.5. The molecule has 2 bridgehead atoms. The normalized spacial score (nSPS) is 31.0. The van der Waals surface area contributed by atoms with Crippen molar-refractivity contribution in [3.8, 4) is 0 Å². The lowest BCUT2D eigenvalue weighted by molar-refractivity contribution is -0.173. The summed E-state index contributed by atoms with van der Waals surface area (Å²) in [6, 6.07) is 16.0. The molecule has 4 nitrogen and oxygen atoms in total. The quantitative estimate of drug-likeness (QED) is 0.598. The smallest absolute Gasteiger partial charge is 0.258 e. The van der Waals surface area contributed by atoms with Crippen LogP contribution < -0.4 is 0 Å². The Morgan fingerprint density at radius 2 is 1.00 bits per heavy atom. The van der Waals surface area contributed by atoms with Gasteiger partial charge in [0, 0.05) is 11.8 Å². The summed E-state index contributed by atoms with van der Waals surface area (Å²) in [5.41, 5.74) is 4.46. The minimum absolute atomic E-state index is 0.143. The second kappa shape index (κ2) is 3.84. The molecule has 2 aromatic rings. The highest BCUT2D eigenvalue weighted by molar-refractivity contribution is 6.06. The second-order valence-electron chi connectivity index (χ2n) is 6.25. The summed E-state index contributed by atoms with van der Waals surface area (Å²) in [7, 11) is 0. The first kappa shape index (κ1) is 12.1. The number of benzene rings is 2. The predicted octanol–water partition coefficient (Wildman–Crippen LogP) is 2.27. The summed E-state index contributed by atoms with van der Waals surface area (Å²) in [5.74, 6) is -2.17. The van der Waals surface area contributed by atoms with E-state index in [2.05, 4.69) is 0 Å². The van der Waals surface area contributed by atoms with Crippen molar-refractivity contribution in [2.75, 3.05) is 0 Å². The largest absolute Gasteiger partial charge is 0.278 e. The first-order chi connectivity index (χ1) is 10.7. The monoisotopic (exact) mass is 291 g/mol. The molecule has 2 atom stereocenters. The Bertz CT molecular complexity index is 728. The highest BCUT2D eigenvalue weighted by Crippen LogP contribution is 2.60. The number of hydroxylamine groups is 2. The van der Waals surface area contributed by atoms with E-state index in [-0.39, 0.29) is 11.8 Å². The van der Waals surface area contributed by atoms with E-state index in [9.17, 15) is 14.8 Å². The Balaban J connectivity index is 1.86. The summed E-state index contributed by atoms with van der Waals surface area (Å²) in [6.45, 7) is 0. The fraction of sp³-hybridized carbons (Fsp3) is 0.222. The molecule has 2 aromatic carbocycles. The number of carbonyl (C=O) groups excluding carboxylic acids is 2. The Labute approximate surface area is 126 Å². The number of nitrogens with zero attached hydrogens (tertiary/aromatic N) is 1. The van der Waals surface area contributed by atoms with Crippen LogP contribution >= 0.6 is 0 Å². The third kappa shape index (κ3) is 1.19. The molecular formula is C18H13NO3. The van der Waals surface area contributed by atoms with Crippen molar-refractivity contribution in [2.45, 2.75) is 11.8 Å². The maximum Gasteiger partial charge on any atom is 0.258 e. The topological polar surface area (TPSA) is 57.6 Å². The zero-order valence-electron chi connectivity index (χ0n) is 11.6. The van der Waals surface area contributed by atoms with E-state index in [4.69, 9.17) is 0 Å². The molecule has 4 aliphatic rings. The standard InChI is InChI=1S/C18H13NO3/c20-17-15-13-9-5-1-2-6-10(9)14(16(15)18(21)19(17)22)12-8-4-3-7-11(12)13/h1-8,13-16,22H/t13?,14?,15-,16-/m0/s1. The third-order valence-corrected chi connectivity index (χ3v) is 5.43. The summed E-state index contributed by atoms with van der Waals surface area (Å²) in [4.78, 5) is 24.8. The highest BCUT2D eigenvalue weighted by Gasteiger charge is 2.61. The number of amides is 2. The molecule has 1 N–H and O–H groups in total. The van der Waals surface area contributed by atoms with Crippen molar-refractivity contribution in [3.63, 3.8) is 0 Å². The number of rotatable bonds is 0. The molecule has 0 unspecified atom stereocenters. The lowest BCUT2D eigenvalue weighted by Crippen LogP contribution is -2.41. The van der Waals surface area contributed by atoms with Gasteiger partial charge < -0.3 is 0 Å². The van der Waals surface area contributed by atoms with Gasteiger partial charge in [-0.2, -0.15) is 5.06 Å². The van der Waals surface area contributed by atoms with Gasteiger partial charge in [0.2, 0.25) is 0 Å². The van der Waals surface area contributed by atoms with Gasteiger partial charge in [0.15, 0.2) is 0 Å². The van der Waals surface area contributed by atoms with E-state index in [1.54, 1.807) is 0 Å². The number of hydrogen-bond donors (Lipinski definition) is 1. The third-order valence-electron chi connectivity index (χ3n) is 5.43. The summed E-state index contributed by atoms with van der Waals surface area (Å²) in [5, 5.41) is 10.2. The molecule has 1 saturated heterocycles. The molecule has 0 spiro atoms. The van der Waals surface area contributed by atoms with Crippen LogP contribution in [0.5, 0.6) is 0 Å². The van der Waals surface area contributed by atoms with Crippen LogP contribution in [0.4, 0.5) is 0 Å². The maximum absolute atomic E-state index is 12.4. The zero-order valence-corrected chi connectivity index (χ0v) is 11.6. The van der Waals surface area contributed by atoms with Gasteiger partial charge in [-0.1, -0.05) is 48.5 Å². The number of carbonyl (C=O) groups is 2. The molecule has 1 aliphatic heterocycles. The fourth-order valence-electron chi connectivity index (χ4n) is 4.66. The Morgan fingerprint density at radius 3 is 1.32 bits per heavy atom. The molecule has 22 heavy (non-hydrogen) atoms. The molecule has 6 rings (SSSR count). The lowest BCUT2D eigenvalue weighted by Gasteiger charge is -2.45. The Kier molecular flexibility index (Phi) is 2.12. The fourth-order valence-corrected chi connectivity index (χ4v) is 4.66. The van der Waals surface area contributed by atoms with Crippen LogP contribution in [0.25, 0.3) is 0 Å². The Morgan fingerprint density at radius 1 is 0.682 bits per heavy atom. The van der Waals surface area contributed by atoms with Crippen LogP contribution in [-0.4, -0.2) is 22.1 Å². The van der Waals surface area contributed by atoms with E-state index in [1.165, 1.54) is 0 Å². The van der Waals surface area contributed by atoms with Crippen LogP contribution in [0.2, 0.25) is 0 Å². The van der Waals surface area contributed by atoms with E-state index >= 15 is 0 Å². The van der Waals surface area contributed by atoms with Gasteiger partial charge in [-0.15, -0.1) is 0 Å². The SMILES string of the molecule is O=C1[C@H]2C3c4ccccc4C(c4ccccc43)[C@@H]2C(=O)N1O. The molecule has 4 heteroatoms. The van der Waals surface area contributed by atoms with Crippen molar-refractivity contribution < 1.29 is 14.8 Å². The van der Waals surface area contributed by atoms with Gasteiger partial charge in [-0.25, -0.2) is 0 Å². The van der Waals surface area contributed by atoms with Crippen molar-refractivity contribution in [1.29, 1.82) is 0 Å². The van der Waals surface area contributed by atoms with Gasteiger partial charge in [-0.3, -0.25) is 14.8 Å². The van der Waals surface area contributed by atoms with E-state index in [0.29, 0.717) is 5.06 Å². The molecule has 1 heterocycles. The van der Waals surface area contributed by atoms with E-state index < -0.39 is 23.7 Å². The summed E-state index contributed by atoms with van der Waals surface area (Å²) in [6.07, 6.45) is 0. The van der Waals surface area contributed by atoms with Gasteiger partial charge in [-0.05, 0) is 22.3 Å². The minimum Gasteiger partial charge on any atom is -0.278 e. The first-order valence-electron chi connectivity index (χ1n) is 7.44.